The van der Waals surface area contributed by atoms with Crippen LogP contribution in [0.15, 0.2) is 21.3 Å². The van der Waals surface area contributed by atoms with Gasteiger partial charge < -0.3 is 19.8 Å². The third kappa shape index (κ3) is 2.19. The van der Waals surface area contributed by atoms with E-state index in [1.165, 1.54) is 0 Å². The van der Waals surface area contributed by atoms with E-state index in [1.807, 2.05) is 19.9 Å². The number of nitrogens with zero attached hydrogens (tertiary/aromatic N) is 1. The zero-order chi connectivity index (χ0) is 13.6. The summed E-state index contributed by atoms with van der Waals surface area (Å²) in [7, 11) is 0. The minimum absolute atomic E-state index is 0.155. The van der Waals surface area contributed by atoms with Crippen molar-refractivity contribution in [2.75, 3.05) is 23.7 Å². The fourth-order valence-electron chi connectivity index (χ4n) is 2.65. The lowest BCUT2D eigenvalue weighted by Gasteiger charge is -2.37. The molecule has 0 bridgehead atoms. The maximum Gasteiger partial charge on any atom is 0.417 e. The Kier molecular flexibility index (Phi) is 2.74. The number of benzene rings is 1. The molecule has 19 heavy (non-hydrogen) atoms. The number of anilines is 2. The first-order valence-corrected chi connectivity index (χ1v) is 6.35. The van der Waals surface area contributed by atoms with Crippen molar-refractivity contribution in [2.24, 2.45) is 0 Å². The molecule has 6 nitrogen and oxygen atoms in total. The molecule has 2 heterocycles. The highest BCUT2D eigenvalue weighted by atomic mass is 16.5. The molecule has 2 unspecified atom stereocenters. The Morgan fingerprint density at radius 1 is 1.32 bits per heavy atom. The van der Waals surface area contributed by atoms with Gasteiger partial charge in [-0.15, -0.1) is 0 Å². The van der Waals surface area contributed by atoms with Crippen LogP contribution < -0.4 is 16.4 Å². The monoisotopic (exact) mass is 263 g/mol. The molecule has 1 aliphatic rings. The minimum Gasteiger partial charge on any atom is -0.408 e. The zero-order valence-corrected chi connectivity index (χ0v) is 11.0. The summed E-state index contributed by atoms with van der Waals surface area (Å²) in [5.74, 6) is -0.463. The van der Waals surface area contributed by atoms with Crippen LogP contribution >= 0.6 is 0 Å². The highest BCUT2D eigenvalue weighted by molar-refractivity contribution is 5.85. The van der Waals surface area contributed by atoms with E-state index in [2.05, 4.69) is 9.88 Å². The average Bonchev–Trinajstić information content (AvgIpc) is 2.65. The molecular formula is C13H17N3O3. The summed E-state index contributed by atoms with van der Waals surface area (Å²) >= 11 is 0. The molecule has 1 aliphatic heterocycles. The van der Waals surface area contributed by atoms with Gasteiger partial charge >= 0.3 is 5.76 Å². The maximum atomic E-state index is 11.2. The molecule has 1 aromatic heterocycles. The van der Waals surface area contributed by atoms with Crippen molar-refractivity contribution in [1.82, 2.24) is 4.98 Å². The molecule has 1 saturated heterocycles. The Morgan fingerprint density at radius 2 is 2.00 bits per heavy atom. The molecule has 0 saturated carbocycles. The number of hydrogen-bond acceptors (Lipinski definition) is 5. The van der Waals surface area contributed by atoms with E-state index in [9.17, 15) is 4.79 Å². The van der Waals surface area contributed by atoms with Gasteiger partial charge in [-0.05, 0) is 19.9 Å². The van der Waals surface area contributed by atoms with Crippen LogP contribution in [0.5, 0.6) is 0 Å². The van der Waals surface area contributed by atoms with Gasteiger partial charge in [-0.2, -0.15) is 0 Å². The van der Waals surface area contributed by atoms with E-state index in [-0.39, 0.29) is 12.2 Å². The Hall–Kier alpha value is -1.95. The quantitative estimate of drug-likeness (QED) is 0.758. The summed E-state index contributed by atoms with van der Waals surface area (Å²) in [4.78, 5) is 16.0. The number of nitrogens with two attached hydrogens (primary N) is 1. The van der Waals surface area contributed by atoms with Crippen molar-refractivity contribution in [3.63, 3.8) is 0 Å². The molecule has 3 N–H and O–H groups in total. The molecule has 1 fully saturated rings. The van der Waals surface area contributed by atoms with Crippen molar-refractivity contribution in [3.8, 4) is 0 Å². The smallest absolute Gasteiger partial charge is 0.408 e. The second-order valence-electron chi connectivity index (χ2n) is 5.08. The lowest BCUT2D eigenvalue weighted by molar-refractivity contribution is -0.00516. The van der Waals surface area contributed by atoms with Crippen LogP contribution in [0.3, 0.4) is 0 Å². The van der Waals surface area contributed by atoms with Gasteiger partial charge in [0.25, 0.3) is 0 Å². The van der Waals surface area contributed by atoms with Crippen LogP contribution in [-0.2, 0) is 4.74 Å². The van der Waals surface area contributed by atoms with Gasteiger partial charge in [-0.1, -0.05) is 0 Å². The van der Waals surface area contributed by atoms with Crippen LogP contribution in [0.4, 0.5) is 11.4 Å². The normalized spacial score (nSPS) is 24.0. The number of aromatic nitrogens is 1. The molecule has 102 valence electrons. The highest BCUT2D eigenvalue weighted by Gasteiger charge is 2.24. The van der Waals surface area contributed by atoms with Crippen LogP contribution in [0.1, 0.15) is 13.8 Å². The first-order chi connectivity index (χ1) is 9.02. The van der Waals surface area contributed by atoms with Gasteiger partial charge in [0.2, 0.25) is 0 Å². The zero-order valence-electron chi connectivity index (χ0n) is 11.0. The van der Waals surface area contributed by atoms with Gasteiger partial charge in [0.05, 0.1) is 29.1 Å². The number of oxazole rings is 1. The Morgan fingerprint density at radius 3 is 2.68 bits per heavy atom. The summed E-state index contributed by atoms with van der Waals surface area (Å²) in [5, 5.41) is 0. The largest absolute Gasteiger partial charge is 0.417 e. The summed E-state index contributed by atoms with van der Waals surface area (Å²) < 4.78 is 10.7. The topological polar surface area (TPSA) is 84.5 Å². The van der Waals surface area contributed by atoms with Crippen molar-refractivity contribution >= 4 is 22.5 Å². The molecule has 6 heteroatoms. The van der Waals surface area contributed by atoms with Gasteiger partial charge in [-0.3, -0.25) is 4.98 Å². The molecular weight excluding hydrogens is 246 g/mol. The summed E-state index contributed by atoms with van der Waals surface area (Å²) in [6.45, 7) is 5.64. The van der Waals surface area contributed by atoms with Gasteiger partial charge in [0.15, 0.2) is 5.58 Å². The standard InChI is InChI=1S/C13H17N3O3/c1-7-5-16(6-8(2)18-7)11-4-10-12(3-9(11)14)19-13(17)15-10/h3-4,7-8H,5-6,14H2,1-2H3,(H,15,17). The predicted octanol–water partition coefficient (Wildman–Crippen LogP) is 1.32. The van der Waals surface area contributed by atoms with Gasteiger partial charge in [0, 0.05) is 19.2 Å². The van der Waals surface area contributed by atoms with Crippen molar-refractivity contribution < 1.29 is 9.15 Å². The third-order valence-electron chi connectivity index (χ3n) is 3.33. The number of hydrogen-bond donors (Lipinski definition) is 2. The number of nitrogen functional groups attached to an aromatic ring is 1. The fraction of sp³-hybridized carbons (Fsp3) is 0.462. The lowest BCUT2D eigenvalue weighted by atomic mass is 10.1. The second-order valence-corrected chi connectivity index (χ2v) is 5.08. The molecule has 3 rings (SSSR count). The Bertz CT molecular complexity index is 651. The van der Waals surface area contributed by atoms with E-state index in [4.69, 9.17) is 14.9 Å². The number of morpholine rings is 1. The number of fused-ring (bicyclic) bond motifs is 1. The number of aromatic amines is 1. The maximum absolute atomic E-state index is 11.2. The molecule has 0 radical (unpaired) electrons. The van der Waals surface area contributed by atoms with E-state index in [0.29, 0.717) is 16.8 Å². The van der Waals surface area contributed by atoms with Crippen molar-refractivity contribution in [3.05, 3.63) is 22.7 Å². The highest BCUT2D eigenvalue weighted by Crippen LogP contribution is 2.30. The lowest BCUT2D eigenvalue weighted by Crippen LogP contribution is -2.45. The minimum atomic E-state index is -0.463. The summed E-state index contributed by atoms with van der Waals surface area (Å²) in [6, 6.07) is 3.55. The predicted molar refractivity (Wildman–Crippen MR) is 73.5 cm³/mol. The first-order valence-electron chi connectivity index (χ1n) is 6.35. The van der Waals surface area contributed by atoms with Gasteiger partial charge in [0.1, 0.15) is 0 Å². The number of nitrogens with one attached hydrogen (secondary N) is 1. The third-order valence-corrected chi connectivity index (χ3v) is 3.33. The molecule has 1 aromatic carbocycles. The van der Waals surface area contributed by atoms with E-state index in [0.717, 1.165) is 18.8 Å². The Balaban J connectivity index is 2.03. The van der Waals surface area contributed by atoms with Crippen LogP contribution in [0, 0.1) is 0 Å². The van der Waals surface area contributed by atoms with Crippen molar-refractivity contribution in [2.45, 2.75) is 26.1 Å². The fourth-order valence-corrected chi connectivity index (χ4v) is 2.65. The number of ether oxygens (including phenoxy) is 1. The van der Waals surface area contributed by atoms with Crippen LogP contribution in [-0.4, -0.2) is 30.3 Å². The van der Waals surface area contributed by atoms with Crippen LogP contribution in [0.2, 0.25) is 0 Å². The number of rotatable bonds is 1. The summed E-state index contributed by atoms with van der Waals surface area (Å²) in [6.07, 6.45) is 0.310. The molecule has 0 spiro atoms. The summed E-state index contributed by atoms with van der Waals surface area (Å²) in [5.41, 5.74) is 8.73. The number of H-pyrrole nitrogens is 1. The average molecular weight is 263 g/mol. The van der Waals surface area contributed by atoms with Crippen molar-refractivity contribution in [1.29, 1.82) is 0 Å². The Labute approximate surface area is 110 Å². The molecule has 2 aromatic rings. The van der Waals surface area contributed by atoms with E-state index >= 15 is 0 Å². The SMILES string of the molecule is CC1CN(c2cc3[nH]c(=O)oc3cc2N)CC(C)O1. The van der Waals surface area contributed by atoms with Gasteiger partial charge in [-0.25, -0.2) is 4.79 Å². The molecule has 0 amide bonds. The molecule has 2 atom stereocenters. The first kappa shape index (κ1) is 12.1. The molecule has 0 aliphatic carbocycles. The van der Waals surface area contributed by atoms with Crippen LogP contribution in [0.25, 0.3) is 11.1 Å². The van der Waals surface area contributed by atoms with E-state index < -0.39 is 5.76 Å². The second kappa shape index (κ2) is 4.31. The van der Waals surface area contributed by atoms with E-state index in [1.54, 1.807) is 6.07 Å².